The summed E-state index contributed by atoms with van der Waals surface area (Å²) in [6.07, 6.45) is 3.71. The monoisotopic (exact) mass is 315 g/mol. The van der Waals surface area contributed by atoms with Crippen LogP contribution >= 0.6 is 28.1 Å². The first-order valence-electron chi connectivity index (χ1n) is 5.83. The number of halogens is 1. The molecule has 0 unspecified atom stereocenters. The average molecular weight is 316 g/mol. The second-order valence-corrected chi connectivity index (χ2v) is 5.36. The van der Waals surface area contributed by atoms with Crippen molar-refractivity contribution >= 4 is 33.1 Å². The highest BCUT2D eigenvalue weighted by Gasteiger charge is 2.05. The standard InChI is InChI=1S/C13H18BrNOS/c1-2-8-16-12-7-6-11(14)9-10(12)4-3-5-13(15)17/h6-7,9H,2-5,8H2,1H3,(H2,15,17). The summed E-state index contributed by atoms with van der Waals surface area (Å²) >= 11 is 8.36. The first kappa shape index (κ1) is 14.5. The van der Waals surface area contributed by atoms with Gasteiger partial charge in [0.15, 0.2) is 0 Å². The zero-order valence-electron chi connectivity index (χ0n) is 10.0. The maximum atomic E-state index is 5.71. The maximum Gasteiger partial charge on any atom is 0.122 e. The van der Waals surface area contributed by atoms with Gasteiger partial charge in [-0.2, -0.15) is 0 Å². The van der Waals surface area contributed by atoms with Crippen molar-refractivity contribution < 1.29 is 4.74 Å². The Balaban J connectivity index is 2.65. The molecular formula is C13H18BrNOS. The molecule has 1 aromatic carbocycles. The summed E-state index contributed by atoms with van der Waals surface area (Å²) in [5, 5.41) is 0. The Hall–Kier alpha value is -0.610. The molecule has 0 saturated carbocycles. The van der Waals surface area contributed by atoms with Crippen LogP contribution in [0.3, 0.4) is 0 Å². The van der Waals surface area contributed by atoms with E-state index in [1.54, 1.807) is 0 Å². The molecular weight excluding hydrogens is 298 g/mol. The third-order valence-electron chi connectivity index (χ3n) is 2.35. The molecule has 2 nitrogen and oxygen atoms in total. The average Bonchev–Trinajstić information content (AvgIpc) is 2.27. The van der Waals surface area contributed by atoms with E-state index in [4.69, 9.17) is 22.7 Å². The SMILES string of the molecule is CCCOc1ccc(Br)cc1CCCC(N)=S. The predicted octanol–water partition coefficient (Wildman–Crippen LogP) is 3.85. The first-order chi connectivity index (χ1) is 8.13. The quantitative estimate of drug-likeness (QED) is 0.776. The number of aryl methyl sites for hydroxylation is 1. The van der Waals surface area contributed by atoms with Gasteiger partial charge in [-0.1, -0.05) is 35.1 Å². The lowest BCUT2D eigenvalue weighted by Crippen LogP contribution is -2.07. The number of hydrogen-bond acceptors (Lipinski definition) is 2. The van der Waals surface area contributed by atoms with E-state index in [0.29, 0.717) is 4.99 Å². The van der Waals surface area contributed by atoms with Crippen LogP contribution in [0.5, 0.6) is 5.75 Å². The molecule has 0 atom stereocenters. The third-order valence-corrected chi connectivity index (χ3v) is 3.05. The zero-order chi connectivity index (χ0) is 12.7. The van der Waals surface area contributed by atoms with Crippen LogP contribution in [-0.2, 0) is 6.42 Å². The molecule has 0 bridgehead atoms. The highest BCUT2D eigenvalue weighted by atomic mass is 79.9. The largest absolute Gasteiger partial charge is 0.493 e. The Morgan fingerprint density at radius 2 is 2.24 bits per heavy atom. The Bertz CT molecular complexity index is 382. The summed E-state index contributed by atoms with van der Waals surface area (Å²) in [6.45, 7) is 2.86. The second-order valence-electron chi connectivity index (χ2n) is 3.92. The number of thiocarbonyl (C=S) groups is 1. The van der Waals surface area contributed by atoms with Gasteiger partial charge in [0.2, 0.25) is 0 Å². The third kappa shape index (κ3) is 5.50. The minimum Gasteiger partial charge on any atom is -0.493 e. The van der Waals surface area contributed by atoms with Crippen molar-refractivity contribution in [2.75, 3.05) is 6.61 Å². The van der Waals surface area contributed by atoms with Crippen molar-refractivity contribution in [3.8, 4) is 5.75 Å². The lowest BCUT2D eigenvalue weighted by Gasteiger charge is -2.11. The van der Waals surface area contributed by atoms with E-state index in [9.17, 15) is 0 Å². The zero-order valence-corrected chi connectivity index (χ0v) is 12.4. The Morgan fingerprint density at radius 1 is 1.47 bits per heavy atom. The molecule has 0 aliphatic heterocycles. The van der Waals surface area contributed by atoms with Gasteiger partial charge in [0.25, 0.3) is 0 Å². The fourth-order valence-corrected chi connectivity index (χ4v) is 2.10. The van der Waals surface area contributed by atoms with Gasteiger partial charge in [0.05, 0.1) is 11.6 Å². The first-order valence-corrected chi connectivity index (χ1v) is 7.03. The van der Waals surface area contributed by atoms with Gasteiger partial charge in [-0.25, -0.2) is 0 Å². The number of benzene rings is 1. The van der Waals surface area contributed by atoms with Crippen molar-refractivity contribution in [2.24, 2.45) is 5.73 Å². The lowest BCUT2D eigenvalue weighted by atomic mass is 10.1. The van der Waals surface area contributed by atoms with Crippen molar-refractivity contribution in [1.29, 1.82) is 0 Å². The molecule has 0 aliphatic rings. The number of nitrogens with two attached hydrogens (primary N) is 1. The van der Waals surface area contributed by atoms with E-state index in [0.717, 1.165) is 42.5 Å². The van der Waals surface area contributed by atoms with Gasteiger partial charge in [-0.15, -0.1) is 0 Å². The number of hydrogen-bond donors (Lipinski definition) is 1. The van der Waals surface area contributed by atoms with Crippen LogP contribution in [0, 0.1) is 0 Å². The minimum absolute atomic E-state index is 0.580. The highest BCUT2D eigenvalue weighted by Crippen LogP contribution is 2.25. The van der Waals surface area contributed by atoms with E-state index in [1.807, 2.05) is 12.1 Å². The van der Waals surface area contributed by atoms with Gasteiger partial charge in [-0.3, -0.25) is 0 Å². The molecule has 17 heavy (non-hydrogen) atoms. The van der Waals surface area contributed by atoms with Gasteiger partial charge in [0, 0.05) is 4.47 Å². The summed E-state index contributed by atoms with van der Waals surface area (Å²) < 4.78 is 6.79. The summed E-state index contributed by atoms with van der Waals surface area (Å²) in [4.78, 5) is 0.580. The summed E-state index contributed by atoms with van der Waals surface area (Å²) in [5.74, 6) is 0.970. The molecule has 1 aromatic rings. The molecule has 1 rings (SSSR count). The second kappa shape index (κ2) is 7.67. The topological polar surface area (TPSA) is 35.2 Å². The van der Waals surface area contributed by atoms with Gasteiger partial charge in [-0.05, 0) is 49.4 Å². The molecule has 2 N–H and O–H groups in total. The van der Waals surface area contributed by atoms with Crippen molar-refractivity contribution in [3.05, 3.63) is 28.2 Å². The normalized spacial score (nSPS) is 10.2. The van der Waals surface area contributed by atoms with Crippen molar-refractivity contribution in [3.63, 3.8) is 0 Å². The van der Waals surface area contributed by atoms with Crippen LogP contribution in [0.4, 0.5) is 0 Å². The van der Waals surface area contributed by atoms with Gasteiger partial charge < -0.3 is 10.5 Å². The lowest BCUT2D eigenvalue weighted by molar-refractivity contribution is 0.314. The number of ether oxygens (including phenoxy) is 1. The summed E-state index contributed by atoms with van der Waals surface area (Å²) in [7, 11) is 0. The van der Waals surface area contributed by atoms with Crippen LogP contribution < -0.4 is 10.5 Å². The van der Waals surface area contributed by atoms with E-state index in [2.05, 4.69) is 28.9 Å². The Labute approximate surface area is 117 Å². The Kier molecular flexibility index (Phi) is 6.52. The van der Waals surface area contributed by atoms with Crippen molar-refractivity contribution in [2.45, 2.75) is 32.6 Å². The molecule has 0 aromatic heterocycles. The summed E-state index contributed by atoms with van der Waals surface area (Å²) in [5.41, 5.74) is 6.71. The summed E-state index contributed by atoms with van der Waals surface area (Å²) in [6, 6.07) is 6.11. The highest BCUT2D eigenvalue weighted by molar-refractivity contribution is 9.10. The van der Waals surface area contributed by atoms with E-state index < -0.39 is 0 Å². The minimum atomic E-state index is 0.580. The van der Waals surface area contributed by atoms with Gasteiger partial charge >= 0.3 is 0 Å². The van der Waals surface area contributed by atoms with Crippen LogP contribution in [0.1, 0.15) is 31.7 Å². The Morgan fingerprint density at radius 3 is 2.88 bits per heavy atom. The molecule has 0 saturated heterocycles. The molecule has 0 radical (unpaired) electrons. The van der Waals surface area contributed by atoms with E-state index in [-0.39, 0.29) is 0 Å². The molecule has 0 amide bonds. The smallest absolute Gasteiger partial charge is 0.122 e. The van der Waals surface area contributed by atoms with Crippen molar-refractivity contribution in [1.82, 2.24) is 0 Å². The predicted molar refractivity (Wildman–Crippen MR) is 79.7 cm³/mol. The fraction of sp³-hybridized carbons (Fsp3) is 0.462. The molecule has 0 aliphatic carbocycles. The molecule has 0 heterocycles. The van der Waals surface area contributed by atoms with E-state index >= 15 is 0 Å². The van der Waals surface area contributed by atoms with E-state index in [1.165, 1.54) is 5.56 Å². The van der Waals surface area contributed by atoms with Crippen LogP contribution in [0.25, 0.3) is 0 Å². The maximum absolute atomic E-state index is 5.71. The molecule has 0 fully saturated rings. The molecule has 4 heteroatoms. The molecule has 0 spiro atoms. The fourth-order valence-electron chi connectivity index (χ4n) is 1.55. The number of rotatable bonds is 7. The van der Waals surface area contributed by atoms with Crippen LogP contribution in [-0.4, -0.2) is 11.6 Å². The van der Waals surface area contributed by atoms with Crippen LogP contribution in [0.15, 0.2) is 22.7 Å². The van der Waals surface area contributed by atoms with Crippen LogP contribution in [0.2, 0.25) is 0 Å². The molecule has 94 valence electrons. The van der Waals surface area contributed by atoms with Gasteiger partial charge in [0.1, 0.15) is 5.75 Å².